The Kier molecular flexibility index (Phi) is 2.07. The SMILES string of the molecule is CN(C)c1noc2cc(C(=O)O)ccc12. The monoisotopic (exact) mass is 206 g/mol. The van der Waals surface area contributed by atoms with Crippen molar-refractivity contribution in [1.82, 2.24) is 5.16 Å². The van der Waals surface area contributed by atoms with Gasteiger partial charge < -0.3 is 14.5 Å². The molecular weight excluding hydrogens is 196 g/mol. The Hall–Kier alpha value is -2.04. The van der Waals surface area contributed by atoms with Gasteiger partial charge in [-0.15, -0.1) is 0 Å². The zero-order chi connectivity index (χ0) is 11.0. The Morgan fingerprint density at radius 3 is 2.80 bits per heavy atom. The Labute approximate surface area is 85.9 Å². The standard InChI is InChI=1S/C10H10N2O3/c1-12(2)9-7-4-3-6(10(13)14)5-8(7)15-11-9/h3-5H,1-2H3,(H,13,14). The van der Waals surface area contributed by atoms with Gasteiger partial charge in [0.15, 0.2) is 11.4 Å². The predicted octanol–water partition coefficient (Wildman–Crippen LogP) is 1.59. The molecule has 1 aromatic carbocycles. The summed E-state index contributed by atoms with van der Waals surface area (Å²) in [6.07, 6.45) is 0. The molecule has 0 spiro atoms. The number of carboxylic acids is 1. The van der Waals surface area contributed by atoms with E-state index in [9.17, 15) is 4.79 Å². The molecule has 0 amide bonds. The molecule has 0 aliphatic carbocycles. The van der Waals surface area contributed by atoms with Crippen molar-refractivity contribution < 1.29 is 14.4 Å². The number of hydrogen-bond donors (Lipinski definition) is 1. The Morgan fingerprint density at radius 2 is 2.20 bits per heavy atom. The first kappa shape index (κ1) is 9.51. The van der Waals surface area contributed by atoms with Crippen LogP contribution in [0.15, 0.2) is 22.7 Å². The zero-order valence-corrected chi connectivity index (χ0v) is 8.39. The van der Waals surface area contributed by atoms with Gasteiger partial charge in [0.25, 0.3) is 0 Å². The maximum absolute atomic E-state index is 10.7. The van der Waals surface area contributed by atoms with Crippen LogP contribution in [0, 0.1) is 0 Å². The van der Waals surface area contributed by atoms with Gasteiger partial charge in [-0.3, -0.25) is 0 Å². The number of carboxylic acid groups (broad SMARTS) is 1. The van der Waals surface area contributed by atoms with E-state index in [0.29, 0.717) is 11.4 Å². The maximum atomic E-state index is 10.7. The normalized spacial score (nSPS) is 10.5. The minimum Gasteiger partial charge on any atom is -0.478 e. The first-order valence-corrected chi connectivity index (χ1v) is 4.39. The highest BCUT2D eigenvalue weighted by molar-refractivity contribution is 5.95. The molecular formula is C10H10N2O3. The number of nitrogens with zero attached hydrogens (tertiary/aromatic N) is 2. The Morgan fingerprint density at radius 1 is 1.47 bits per heavy atom. The molecule has 0 unspecified atom stereocenters. The molecule has 1 aromatic heterocycles. The van der Waals surface area contributed by atoms with Crippen LogP contribution < -0.4 is 4.90 Å². The molecule has 5 heteroatoms. The molecule has 2 aromatic rings. The zero-order valence-electron chi connectivity index (χ0n) is 8.39. The number of anilines is 1. The molecule has 5 nitrogen and oxygen atoms in total. The lowest BCUT2D eigenvalue weighted by molar-refractivity contribution is 0.0697. The van der Waals surface area contributed by atoms with E-state index in [0.717, 1.165) is 5.39 Å². The molecule has 78 valence electrons. The van der Waals surface area contributed by atoms with Crippen LogP contribution in [0.2, 0.25) is 0 Å². The van der Waals surface area contributed by atoms with Gasteiger partial charge in [0.2, 0.25) is 0 Å². The summed E-state index contributed by atoms with van der Waals surface area (Å²) in [6, 6.07) is 4.71. The van der Waals surface area contributed by atoms with Gasteiger partial charge in [0.1, 0.15) is 0 Å². The number of aromatic carboxylic acids is 1. The molecule has 0 saturated heterocycles. The molecule has 1 heterocycles. The average molecular weight is 206 g/mol. The van der Waals surface area contributed by atoms with E-state index in [1.807, 2.05) is 19.0 Å². The number of carbonyl (C=O) groups is 1. The van der Waals surface area contributed by atoms with Gasteiger partial charge in [-0.25, -0.2) is 4.79 Å². The van der Waals surface area contributed by atoms with Crippen molar-refractivity contribution in [1.29, 1.82) is 0 Å². The van der Waals surface area contributed by atoms with E-state index in [2.05, 4.69) is 5.16 Å². The minimum atomic E-state index is -0.972. The van der Waals surface area contributed by atoms with Crippen LogP contribution in [-0.2, 0) is 0 Å². The first-order valence-electron chi connectivity index (χ1n) is 4.39. The van der Waals surface area contributed by atoms with Gasteiger partial charge >= 0.3 is 5.97 Å². The lowest BCUT2D eigenvalue weighted by Gasteiger charge is -2.06. The number of benzene rings is 1. The molecule has 0 bridgehead atoms. The van der Waals surface area contributed by atoms with Crippen molar-refractivity contribution in [3.05, 3.63) is 23.8 Å². The second-order valence-corrected chi connectivity index (χ2v) is 3.42. The van der Waals surface area contributed by atoms with Crippen LogP contribution in [0.3, 0.4) is 0 Å². The summed E-state index contributed by atoms with van der Waals surface area (Å²) in [6.45, 7) is 0. The van der Waals surface area contributed by atoms with Crippen molar-refractivity contribution in [2.75, 3.05) is 19.0 Å². The van der Waals surface area contributed by atoms with Crippen LogP contribution >= 0.6 is 0 Å². The Bertz CT molecular complexity index is 516. The minimum absolute atomic E-state index is 0.198. The van der Waals surface area contributed by atoms with Crippen LogP contribution in [0.5, 0.6) is 0 Å². The first-order chi connectivity index (χ1) is 7.09. The second-order valence-electron chi connectivity index (χ2n) is 3.42. The van der Waals surface area contributed by atoms with Crippen LogP contribution in [-0.4, -0.2) is 30.3 Å². The molecule has 15 heavy (non-hydrogen) atoms. The van der Waals surface area contributed by atoms with Crippen molar-refractivity contribution in [3.8, 4) is 0 Å². The third kappa shape index (κ3) is 1.52. The van der Waals surface area contributed by atoms with Crippen molar-refractivity contribution in [2.45, 2.75) is 0 Å². The van der Waals surface area contributed by atoms with Crippen LogP contribution in [0.4, 0.5) is 5.82 Å². The molecule has 1 N–H and O–H groups in total. The van der Waals surface area contributed by atoms with Gasteiger partial charge in [0, 0.05) is 14.1 Å². The summed E-state index contributed by atoms with van der Waals surface area (Å²) in [7, 11) is 3.70. The van der Waals surface area contributed by atoms with Crippen LogP contribution in [0.1, 0.15) is 10.4 Å². The van der Waals surface area contributed by atoms with E-state index in [-0.39, 0.29) is 5.56 Å². The summed E-state index contributed by atoms with van der Waals surface area (Å²) in [5.41, 5.74) is 0.683. The highest BCUT2D eigenvalue weighted by Crippen LogP contribution is 2.25. The van der Waals surface area contributed by atoms with Crippen molar-refractivity contribution in [2.24, 2.45) is 0 Å². The molecule has 0 saturated carbocycles. The molecule has 0 aliphatic heterocycles. The quantitative estimate of drug-likeness (QED) is 0.808. The lowest BCUT2D eigenvalue weighted by atomic mass is 10.1. The largest absolute Gasteiger partial charge is 0.478 e. The number of rotatable bonds is 2. The van der Waals surface area contributed by atoms with Gasteiger partial charge in [-0.2, -0.15) is 0 Å². The summed E-state index contributed by atoms with van der Waals surface area (Å²) in [5, 5.41) is 13.5. The third-order valence-electron chi connectivity index (χ3n) is 2.12. The fourth-order valence-electron chi connectivity index (χ4n) is 1.38. The number of aromatic nitrogens is 1. The highest BCUT2D eigenvalue weighted by Gasteiger charge is 2.12. The van der Waals surface area contributed by atoms with Gasteiger partial charge in [-0.05, 0) is 18.2 Å². The van der Waals surface area contributed by atoms with E-state index in [1.165, 1.54) is 12.1 Å². The van der Waals surface area contributed by atoms with E-state index < -0.39 is 5.97 Å². The fraction of sp³-hybridized carbons (Fsp3) is 0.200. The number of fused-ring (bicyclic) bond motifs is 1. The molecule has 2 rings (SSSR count). The molecule has 0 radical (unpaired) electrons. The predicted molar refractivity (Wildman–Crippen MR) is 55.3 cm³/mol. The summed E-state index contributed by atoms with van der Waals surface area (Å²) < 4.78 is 5.05. The topological polar surface area (TPSA) is 66.6 Å². The number of hydrogen-bond acceptors (Lipinski definition) is 4. The smallest absolute Gasteiger partial charge is 0.335 e. The lowest BCUT2D eigenvalue weighted by Crippen LogP contribution is -2.08. The third-order valence-corrected chi connectivity index (χ3v) is 2.12. The Balaban J connectivity index is 2.61. The second kappa shape index (κ2) is 3.27. The summed E-state index contributed by atoms with van der Waals surface area (Å²) in [4.78, 5) is 12.5. The van der Waals surface area contributed by atoms with Gasteiger partial charge in [-0.1, -0.05) is 5.16 Å². The van der Waals surface area contributed by atoms with Crippen LogP contribution in [0.25, 0.3) is 11.0 Å². The molecule has 0 fully saturated rings. The highest BCUT2D eigenvalue weighted by atomic mass is 16.5. The maximum Gasteiger partial charge on any atom is 0.335 e. The average Bonchev–Trinajstić information content (AvgIpc) is 2.59. The van der Waals surface area contributed by atoms with E-state index in [1.54, 1.807) is 6.07 Å². The summed E-state index contributed by atoms with van der Waals surface area (Å²) in [5.74, 6) is -0.276. The fourth-order valence-corrected chi connectivity index (χ4v) is 1.38. The van der Waals surface area contributed by atoms with Crippen molar-refractivity contribution >= 4 is 22.8 Å². The van der Waals surface area contributed by atoms with E-state index >= 15 is 0 Å². The molecule has 0 aliphatic rings. The molecule has 0 atom stereocenters. The van der Waals surface area contributed by atoms with E-state index in [4.69, 9.17) is 9.63 Å². The van der Waals surface area contributed by atoms with Gasteiger partial charge in [0.05, 0.1) is 10.9 Å². The summed E-state index contributed by atoms with van der Waals surface area (Å²) >= 11 is 0. The van der Waals surface area contributed by atoms with Crippen molar-refractivity contribution in [3.63, 3.8) is 0 Å².